The zero-order valence-electron chi connectivity index (χ0n) is 12.6. The highest BCUT2D eigenvalue weighted by molar-refractivity contribution is 6.07. The number of hydrazine groups is 1. The third-order valence-corrected chi connectivity index (χ3v) is 3.69. The van der Waals surface area contributed by atoms with Crippen molar-refractivity contribution in [1.29, 1.82) is 0 Å². The number of carbonyl (C=O) groups is 1. The Morgan fingerprint density at radius 2 is 1.68 bits per heavy atom. The molecule has 2 aromatic carbocycles. The smallest absolute Gasteiger partial charge is 0.265 e. The lowest BCUT2D eigenvalue weighted by molar-refractivity contribution is 0.0955. The van der Waals surface area contributed by atoms with Crippen molar-refractivity contribution in [2.24, 2.45) is 5.84 Å². The molecule has 110 valence electrons. The van der Waals surface area contributed by atoms with E-state index >= 15 is 0 Å². The Kier molecular flexibility index (Phi) is 3.61. The van der Waals surface area contributed by atoms with Gasteiger partial charge in [-0.2, -0.15) is 0 Å². The first-order chi connectivity index (χ1) is 10.6. The van der Waals surface area contributed by atoms with Gasteiger partial charge in [0.05, 0.1) is 16.8 Å². The van der Waals surface area contributed by atoms with Gasteiger partial charge in [-0.3, -0.25) is 10.2 Å². The molecule has 4 heteroatoms. The first kappa shape index (κ1) is 14.2. The molecule has 3 rings (SSSR count). The van der Waals surface area contributed by atoms with Crippen molar-refractivity contribution in [1.82, 2.24) is 10.4 Å². The molecule has 0 radical (unpaired) electrons. The minimum Gasteiger partial charge on any atom is -0.290 e. The molecule has 3 aromatic rings. The maximum absolute atomic E-state index is 12.1. The summed E-state index contributed by atoms with van der Waals surface area (Å²) in [5.41, 5.74) is 7.51. The number of hydrogen-bond acceptors (Lipinski definition) is 3. The Bertz CT molecular complexity index is 854. The Morgan fingerprint density at radius 3 is 2.36 bits per heavy atom. The van der Waals surface area contributed by atoms with Gasteiger partial charge in [0.25, 0.3) is 5.91 Å². The molecule has 0 saturated carbocycles. The van der Waals surface area contributed by atoms with Crippen LogP contribution in [0.4, 0.5) is 0 Å². The van der Waals surface area contributed by atoms with E-state index in [9.17, 15) is 4.79 Å². The van der Waals surface area contributed by atoms with Crippen LogP contribution in [-0.2, 0) is 0 Å². The molecular formula is C18H17N3O. The number of nitrogens with one attached hydrogen (secondary N) is 1. The number of aromatic nitrogens is 1. The number of carbonyl (C=O) groups excluding carboxylic acids is 1. The van der Waals surface area contributed by atoms with Crippen LogP contribution in [0.15, 0.2) is 48.5 Å². The molecule has 0 spiro atoms. The number of rotatable bonds is 2. The molecule has 0 fully saturated rings. The van der Waals surface area contributed by atoms with Crippen molar-refractivity contribution < 1.29 is 4.79 Å². The monoisotopic (exact) mass is 291 g/mol. The van der Waals surface area contributed by atoms with Crippen LogP contribution in [0.25, 0.3) is 22.2 Å². The number of aryl methyl sites for hydroxylation is 2. The van der Waals surface area contributed by atoms with E-state index in [1.165, 1.54) is 5.56 Å². The second-order valence-electron chi connectivity index (χ2n) is 5.42. The number of benzene rings is 2. The normalized spacial score (nSPS) is 10.7. The SMILES string of the molecule is Cc1ccc(-c2cc(C(=O)NN)c3cc(C)ccc3n2)cc1. The van der Waals surface area contributed by atoms with Gasteiger partial charge >= 0.3 is 0 Å². The van der Waals surface area contributed by atoms with Gasteiger partial charge in [-0.1, -0.05) is 41.5 Å². The van der Waals surface area contributed by atoms with Crippen molar-refractivity contribution in [3.05, 3.63) is 65.2 Å². The average molecular weight is 291 g/mol. The van der Waals surface area contributed by atoms with E-state index in [1.807, 2.05) is 56.3 Å². The first-order valence-electron chi connectivity index (χ1n) is 7.08. The summed E-state index contributed by atoms with van der Waals surface area (Å²) < 4.78 is 0. The van der Waals surface area contributed by atoms with Crippen LogP contribution >= 0.6 is 0 Å². The third-order valence-electron chi connectivity index (χ3n) is 3.69. The summed E-state index contributed by atoms with van der Waals surface area (Å²) >= 11 is 0. The van der Waals surface area contributed by atoms with Gasteiger partial charge < -0.3 is 0 Å². The van der Waals surface area contributed by atoms with Crippen LogP contribution in [0.2, 0.25) is 0 Å². The Balaban J connectivity index is 2.26. The van der Waals surface area contributed by atoms with Crippen molar-refractivity contribution >= 4 is 16.8 Å². The molecular weight excluding hydrogens is 274 g/mol. The lowest BCUT2D eigenvalue weighted by Crippen LogP contribution is -2.30. The topological polar surface area (TPSA) is 68.0 Å². The van der Waals surface area contributed by atoms with E-state index in [2.05, 4.69) is 10.4 Å². The van der Waals surface area contributed by atoms with Crippen LogP contribution < -0.4 is 11.3 Å². The highest BCUT2D eigenvalue weighted by Gasteiger charge is 2.13. The second kappa shape index (κ2) is 5.58. The number of fused-ring (bicyclic) bond motifs is 1. The number of nitrogen functional groups attached to an aromatic ring is 1. The van der Waals surface area contributed by atoms with E-state index in [-0.39, 0.29) is 5.91 Å². The van der Waals surface area contributed by atoms with Crippen molar-refractivity contribution in [3.63, 3.8) is 0 Å². The molecule has 1 heterocycles. The molecule has 22 heavy (non-hydrogen) atoms. The maximum Gasteiger partial charge on any atom is 0.265 e. The van der Waals surface area contributed by atoms with Gasteiger partial charge in [-0.05, 0) is 32.0 Å². The van der Waals surface area contributed by atoms with Gasteiger partial charge in [0.1, 0.15) is 0 Å². The fraction of sp³-hybridized carbons (Fsp3) is 0.111. The molecule has 4 nitrogen and oxygen atoms in total. The minimum atomic E-state index is -0.314. The minimum absolute atomic E-state index is 0.314. The molecule has 0 unspecified atom stereocenters. The van der Waals surface area contributed by atoms with Crippen molar-refractivity contribution in [2.45, 2.75) is 13.8 Å². The van der Waals surface area contributed by atoms with Gasteiger partial charge in [-0.25, -0.2) is 10.8 Å². The molecule has 0 aliphatic carbocycles. The van der Waals surface area contributed by atoms with Crippen LogP contribution in [-0.4, -0.2) is 10.9 Å². The highest BCUT2D eigenvalue weighted by Crippen LogP contribution is 2.26. The maximum atomic E-state index is 12.1. The molecule has 0 atom stereocenters. The first-order valence-corrected chi connectivity index (χ1v) is 7.08. The number of hydrogen-bond donors (Lipinski definition) is 2. The number of pyridine rings is 1. The van der Waals surface area contributed by atoms with Crippen LogP contribution in [0, 0.1) is 13.8 Å². The molecule has 0 bridgehead atoms. The van der Waals surface area contributed by atoms with Crippen LogP contribution in [0.5, 0.6) is 0 Å². The zero-order chi connectivity index (χ0) is 15.7. The lowest BCUT2D eigenvalue weighted by atomic mass is 10.0. The second-order valence-corrected chi connectivity index (χ2v) is 5.42. The number of nitrogens with zero attached hydrogens (tertiary/aromatic N) is 1. The highest BCUT2D eigenvalue weighted by atomic mass is 16.2. The Labute approximate surface area is 129 Å². The predicted octanol–water partition coefficient (Wildman–Crippen LogP) is 3.12. The van der Waals surface area contributed by atoms with Gasteiger partial charge in [0.2, 0.25) is 0 Å². The summed E-state index contributed by atoms with van der Waals surface area (Å²) in [5.74, 6) is 5.01. The largest absolute Gasteiger partial charge is 0.290 e. The lowest BCUT2D eigenvalue weighted by Gasteiger charge is -2.10. The van der Waals surface area contributed by atoms with E-state index < -0.39 is 0 Å². The van der Waals surface area contributed by atoms with Gasteiger partial charge in [0.15, 0.2) is 0 Å². The Hall–Kier alpha value is -2.72. The van der Waals surface area contributed by atoms with E-state index in [0.717, 1.165) is 27.7 Å². The summed E-state index contributed by atoms with van der Waals surface area (Å²) in [7, 11) is 0. The standard InChI is InChI=1S/C18H17N3O/c1-11-3-6-13(7-4-11)17-10-15(18(22)21-19)14-9-12(2)5-8-16(14)20-17/h3-10H,19H2,1-2H3,(H,21,22). The van der Waals surface area contributed by atoms with Crippen molar-refractivity contribution in [2.75, 3.05) is 0 Å². The van der Waals surface area contributed by atoms with Crippen molar-refractivity contribution in [3.8, 4) is 11.3 Å². The third kappa shape index (κ3) is 2.56. The summed E-state index contributed by atoms with van der Waals surface area (Å²) in [6.07, 6.45) is 0. The van der Waals surface area contributed by atoms with Crippen LogP contribution in [0.1, 0.15) is 21.5 Å². The molecule has 3 N–H and O–H groups in total. The van der Waals surface area contributed by atoms with E-state index in [0.29, 0.717) is 5.56 Å². The summed E-state index contributed by atoms with van der Waals surface area (Å²) in [5, 5.41) is 0.804. The summed E-state index contributed by atoms with van der Waals surface area (Å²) in [4.78, 5) is 16.8. The zero-order valence-corrected chi connectivity index (χ0v) is 12.6. The molecule has 1 aromatic heterocycles. The van der Waals surface area contributed by atoms with E-state index in [4.69, 9.17) is 5.84 Å². The Morgan fingerprint density at radius 1 is 1.00 bits per heavy atom. The summed E-state index contributed by atoms with van der Waals surface area (Å²) in [6.45, 7) is 4.02. The quantitative estimate of drug-likeness (QED) is 0.433. The number of nitrogens with two attached hydrogens (primary N) is 1. The van der Waals surface area contributed by atoms with Gasteiger partial charge in [-0.15, -0.1) is 0 Å². The fourth-order valence-corrected chi connectivity index (χ4v) is 2.48. The van der Waals surface area contributed by atoms with E-state index in [1.54, 1.807) is 6.07 Å². The molecule has 0 saturated heterocycles. The molecule has 0 aliphatic rings. The average Bonchev–Trinajstić information content (AvgIpc) is 2.54. The number of amides is 1. The van der Waals surface area contributed by atoms with Gasteiger partial charge in [0, 0.05) is 10.9 Å². The summed E-state index contributed by atoms with van der Waals surface area (Å²) in [6, 6.07) is 15.7. The molecule has 1 amide bonds. The molecule has 0 aliphatic heterocycles. The fourth-order valence-electron chi connectivity index (χ4n) is 2.48. The predicted molar refractivity (Wildman–Crippen MR) is 88.3 cm³/mol. The van der Waals surface area contributed by atoms with Crippen LogP contribution in [0.3, 0.4) is 0 Å².